The minimum atomic E-state index is -4.43. The lowest BCUT2D eigenvalue weighted by Gasteiger charge is -2.55. The first kappa shape index (κ1) is 65.7. The number of hydrogen-bond donors (Lipinski definition) is 6. The summed E-state index contributed by atoms with van der Waals surface area (Å²) in [5, 5.41) is 13.5. The summed E-state index contributed by atoms with van der Waals surface area (Å²) in [6, 6.07) is 26.5. The molecule has 9 aliphatic rings. The van der Waals surface area contributed by atoms with Crippen molar-refractivity contribution in [3.63, 3.8) is 0 Å². The van der Waals surface area contributed by atoms with Gasteiger partial charge in [0.1, 0.15) is 17.5 Å². The molecule has 12 amide bonds. The molecule has 0 unspecified atom stereocenters. The van der Waals surface area contributed by atoms with E-state index in [2.05, 4.69) is 31.9 Å². The van der Waals surface area contributed by atoms with Gasteiger partial charge in [0.15, 0.2) is 16.2 Å². The lowest BCUT2D eigenvalue weighted by atomic mass is 9.66. The van der Waals surface area contributed by atoms with Crippen LogP contribution in [0.5, 0.6) is 0 Å². The number of rotatable bonds is 3. The summed E-state index contributed by atoms with van der Waals surface area (Å²) in [6.45, 7) is 12.5. The van der Waals surface area contributed by atoms with Crippen LogP contribution < -0.4 is 46.6 Å². The molecule has 9 heterocycles. The molecule has 0 saturated carbocycles. The van der Waals surface area contributed by atoms with Gasteiger partial charge in [0.25, 0.3) is 0 Å². The fourth-order valence-corrected chi connectivity index (χ4v) is 16.1. The first-order chi connectivity index (χ1) is 46.0. The second-order valence-electron chi connectivity index (χ2n) is 26.1. The van der Waals surface area contributed by atoms with E-state index in [1.54, 1.807) is 50.2 Å². The number of benzene rings is 6. The maximum Gasteiger partial charge on any atom is 0.416 e. The van der Waals surface area contributed by atoms with E-state index in [1.165, 1.54) is 30.3 Å². The number of carbonyl (C=O) groups excluding carboxylic acids is 9. The Bertz CT molecular complexity index is 4280. The number of nitrogens with one attached hydrogen (secondary N) is 6. The molecule has 3 spiro atoms. The van der Waals surface area contributed by atoms with E-state index in [4.69, 9.17) is 14.2 Å². The summed E-state index contributed by atoms with van der Waals surface area (Å²) >= 11 is 0. The van der Waals surface area contributed by atoms with Gasteiger partial charge >= 0.3 is 24.3 Å². The number of morpholine rings is 3. The second kappa shape index (κ2) is 24.3. The van der Waals surface area contributed by atoms with Crippen LogP contribution in [0.15, 0.2) is 121 Å². The molecule has 6 saturated heterocycles. The first-order valence-electron chi connectivity index (χ1n) is 31.6. The molecule has 0 aliphatic carbocycles. The number of carbonyl (C=O) groups is 9. The Hall–Kier alpha value is -9.99. The minimum Gasteiger partial charge on any atom is -0.372 e. The highest BCUT2D eigenvalue weighted by atomic mass is 19.4. The summed E-state index contributed by atoms with van der Waals surface area (Å²) in [5.41, 5.74) is 2.18. The average molecular weight is 1340 g/mol. The third kappa shape index (κ3) is 11.1. The number of halogens is 6. The molecule has 0 aromatic heterocycles. The molecule has 0 radical (unpaired) electrons. The van der Waals surface area contributed by atoms with E-state index in [-0.39, 0.29) is 49.0 Å². The Labute approximate surface area is 550 Å². The fourth-order valence-electron chi connectivity index (χ4n) is 16.1. The zero-order chi connectivity index (χ0) is 69.1. The highest BCUT2D eigenvalue weighted by molar-refractivity contribution is 6.22. The van der Waals surface area contributed by atoms with Crippen LogP contribution >= 0.6 is 0 Å². The molecule has 97 heavy (non-hydrogen) atoms. The predicted octanol–water partition coefficient (Wildman–Crippen LogP) is 8.17. The normalized spacial score (nSPS) is 26.3. The third-order valence-electron chi connectivity index (χ3n) is 19.9. The van der Waals surface area contributed by atoms with Crippen molar-refractivity contribution >= 4 is 70.6 Å². The molecule has 15 rings (SSSR count). The van der Waals surface area contributed by atoms with Gasteiger partial charge < -0.3 is 28.9 Å². The number of anilines is 3. The molecule has 21 nitrogen and oxygen atoms in total. The molecular formula is C70H65F6N9O12. The SMILES string of the molecule is C[C@@H]1CN2c3ccc(-c4ccc(C(F)(F)F)cc4)cc3CC3(C(=O)NC(=O)NC3=O)[C@H]2[C@H](C)O1.C[C@@H]1CN2c3ccc(-c4ccc(F)cc4F)cc3CC3(C(=O)NC(=O)NC3=O)[C@H]2[C@H](C)O1.C[C@@H]1CN2c3ccc(-c4ccccc4F)cc3CC3(C(=O)NC(=O)NC3=O)[C@H]2[C@H](C)O1. The van der Waals surface area contributed by atoms with Crippen molar-refractivity contribution in [1.29, 1.82) is 0 Å². The minimum absolute atomic E-state index is 0.00712. The molecule has 6 aromatic rings. The van der Waals surface area contributed by atoms with E-state index in [1.807, 2.05) is 78.8 Å². The topological polar surface area (TPSA) is 263 Å². The summed E-state index contributed by atoms with van der Waals surface area (Å²) < 4.78 is 99.0. The molecule has 6 aromatic carbocycles. The number of urea groups is 3. The third-order valence-corrected chi connectivity index (χ3v) is 19.9. The van der Waals surface area contributed by atoms with Crippen molar-refractivity contribution in [2.45, 2.75) is 122 Å². The van der Waals surface area contributed by atoms with E-state index in [9.17, 15) is 69.5 Å². The number of nitrogens with zero attached hydrogens (tertiary/aromatic N) is 3. The molecular weight excluding hydrogens is 1270 g/mol. The van der Waals surface area contributed by atoms with Gasteiger partial charge in [-0.25, -0.2) is 27.6 Å². The van der Waals surface area contributed by atoms with Crippen molar-refractivity contribution < 1.29 is 83.7 Å². The summed E-state index contributed by atoms with van der Waals surface area (Å²) in [6.07, 6.45) is -6.13. The van der Waals surface area contributed by atoms with E-state index in [0.717, 1.165) is 40.8 Å². The summed E-state index contributed by atoms with van der Waals surface area (Å²) in [5.74, 6) is -5.75. The molecule has 6 fully saturated rings. The van der Waals surface area contributed by atoms with Crippen molar-refractivity contribution in [3.8, 4) is 33.4 Å². The van der Waals surface area contributed by atoms with Gasteiger partial charge in [-0.1, -0.05) is 48.5 Å². The zero-order valence-electron chi connectivity index (χ0n) is 53.0. The number of ether oxygens (including phenoxy) is 3. The zero-order valence-corrected chi connectivity index (χ0v) is 53.0. The first-order valence-corrected chi connectivity index (χ1v) is 31.6. The van der Waals surface area contributed by atoms with Crippen molar-refractivity contribution in [2.75, 3.05) is 34.3 Å². The summed E-state index contributed by atoms with van der Waals surface area (Å²) in [4.78, 5) is 120. The van der Waals surface area contributed by atoms with Gasteiger partial charge in [0.2, 0.25) is 35.4 Å². The van der Waals surface area contributed by atoms with Gasteiger partial charge in [0.05, 0.1) is 60.3 Å². The molecule has 0 bridgehead atoms. The Morgan fingerprint density at radius 2 is 0.722 bits per heavy atom. The standard InChI is InChI=1S/C24H22F3N3O4.C23H21F2N3O4.C23H22FN3O4/c1-12-11-30-18-8-5-15(14-3-6-17(7-4-14)24(25,26)27)9-16(18)10-23(19(30)13(2)34-12)20(31)28-22(33)29-21(23)32;1-11-10-28-18-6-3-13(16-5-4-15(24)8-17(16)25)7-14(18)9-23(19(28)12(2)32-11)20(29)26-22(31)27-21(23)30;1-12-11-27-18-8-7-14(16-5-3-4-6-17(16)24)9-15(18)10-23(19(27)13(2)31-12)20(28)25-22(30)26-21(23)29/h3-9,12-13,19H,10-11H2,1-2H3,(H2,28,29,31,32,33);3-8,11-12,19H,9-10H2,1-2H3,(H2,26,27,29,30,31);3-9,12-13,19H,10-11H2,1-2H3,(H2,25,26,28,29,30)/t12-,13+,19-;11-,12+,19-;12-,13+,19-/m111/s1. The van der Waals surface area contributed by atoms with E-state index in [0.29, 0.717) is 58.6 Å². The number of imide groups is 6. The van der Waals surface area contributed by atoms with Gasteiger partial charge in [-0.15, -0.1) is 0 Å². The van der Waals surface area contributed by atoms with Crippen LogP contribution in [0.1, 0.15) is 63.8 Å². The number of amides is 12. The van der Waals surface area contributed by atoms with Crippen LogP contribution in [-0.2, 0) is 68.4 Å². The fraction of sp³-hybridized carbons (Fsp3) is 0.357. The Kier molecular flexibility index (Phi) is 16.4. The van der Waals surface area contributed by atoms with Crippen LogP contribution in [-0.4, -0.2) is 128 Å². The Morgan fingerprint density at radius 3 is 1.07 bits per heavy atom. The lowest BCUT2D eigenvalue weighted by molar-refractivity contribution is -0.154. The van der Waals surface area contributed by atoms with Crippen LogP contribution in [0, 0.1) is 33.7 Å². The highest BCUT2D eigenvalue weighted by Crippen LogP contribution is 2.51. The van der Waals surface area contributed by atoms with Gasteiger partial charge in [0, 0.05) is 53.9 Å². The van der Waals surface area contributed by atoms with E-state index < -0.39 is 130 Å². The van der Waals surface area contributed by atoms with Crippen molar-refractivity contribution in [2.24, 2.45) is 16.2 Å². The predicted molar refractivity (Wildman–Crippen MR) is 337 cm³/mol. The molecule has 27 heteroatoms. The smallest absolute Gasteiger partial charge is 0.372 e. The monoisotopic (exact) mass is 1340 g/mol. The molecule has 9 aliphatic heterocycles. The van der Waals surface area contributed by atoms with Crippen LogP contribution in [0.2, 0.25) is 0 Å². The number of barbiturate groups is 3. The highest BCUT2D eigenvalue weighted by Gasteiger charge is 2.66. The second-order valence-corrected chi connectivity index (χ2v) is 26.1. The Morgan fingerprint density at radius 1 is 0.392 bits per heavy atom. The Balaban J connectivity index is 0.000000131. The van der Waals surface area contributed by atoms with Gasteiger partial charge in [-0.3, -0.25) is 60.7 Å². The van der Waals surface area contributed by atoms with Crippen molar-refractivity contribution in [1.82, 2.24) is 31.9 Å². The average Bonchev–Trinajstić information content (AvgIpc) is 0.723. The lowest BCUT2D eigenvalue weighted by Crippen LogP contribution is -2.75. The van der Waals surface area contributed by atoms with Gasteiger partial charge in [-0.05, 0) is 166 Å². The number of hydrogen-bond acceptors (Lipinski definition) is 15. The van der Waals surface area contributed by atoms with Crippen molar-refractivity contribution in [3.05, 3.63) is 161 Å². The van der Waals surface area contributed by atoms with E-state index >= 15 is 0 Å². The van der Waals surface area contributed by atoms with Crippen LogP contribution in [0.3, 0.4) is 0 Å². The summed E-state index contributed by atoms with van der Waals surface area (Å²) in [7, 11) is 0. The molecule has 9 atom stereocenters. The number of alkyl halides is 3. The van der Waals surface area contributed by atoms with Gasteiger partial charge in [-0.2, -0.15) is 13.2 Å². The number of fused-ring (bicyclic) bond motifs is 12. The quantitative estimate of drug-likeness (QED) is 0.0721. The van der Waals surface area contributed by atoms with Crippen LogP contribution in [0.4, 0.5) is 57.8 Å². The molecule has 504 valence electrons. The van der Waals surface area contributed by atoms with Crippen LogP contribution in [0.25, 0.3) is 33.4 Å². The maximum atomic E-state index is 14.4. The maximum absolute atomic E-state index is 14.4. The molecule has 6 N–H and O–H groups in total. The largest absolute Gasteiger partial charge is 0.416 e.